The average molecular weight is 234 g/mol. The van der Waals surface area contributed by atoms with Crippen LogP contribution in [0.1, 0.15) is 27.2 Å². The first-order valence-corrected chi connectivity index (χ1v) is 7.17. The summed E-state index contributed by atoms with van der Waals surface area (Å²) >= 11 is 0. The first kappa shape index (κ1) is 12.9. The van der Waals surface area contributed by atoms with Crippen molar-refractivity contribution in [2.75, 3.05) is 31.9 Å². The first-order chi connectivity index (χ1) is 6.87. The lowest BCUT2D eigenvalue weighted by Gasteiger charge is -2.19. The molecule has 0 amide bonds. The van der Waals surface area contributed by atoms with Gasteiger partial charge in [0.1, 0.15) is 0 Å². The fourth-order valence-corrected chi connectivity index (χ4v) is 3.38. The number of nitrogens with one attached hydrogen (secondary N) is 1. The van der Waals surface area contributed by atoms with E-state index in [4.69, 9.17) is 0 Å². The summed E-state index contributed by atoms with van der Waals surface area (Å²) in [6.45, 7) is 8.94. The Kier molecular flexibility index (Phi) is 4.14. The van der Waals surface area contributed by atoms with Crippen molar-refractivity contribution in [3.05, 3.63) is 0 Å². The number of sulfonamides is 1. The Bertz CT molecular complexity index is 299. The fraction of sp³-hybridized carbons (Fsp3) is 1.00. The molecule has 1 aliphatic rings. The largest absolute Gasteiger partial charge is 0.316 e. The predicted octanol–water partition coefficient (Wildman–Crippen LogP) is 0.658. The van der Waals surface area contributed by atoms with E-state index in [-0.39, 0.29) is 11.2 Å². The van der Waals surface area contributed by atoms with Crippen LogP contribution in [-0.2, 0) is 10.0 Å². The summed E-state index contributed by atoms with van der Waals surface area (Å²) in [5.74, 6) is 0.219. The van der Waals surface area contributed by atoms with Crippen LogP contribution in [-0.4, -0.2) is 44.7 Å². The third-order valence-electron chi connectivity index (χ3n) is 2.82. The molecule has 0 bridgehead atoms. The number of hydrogen-bond acceptors (Lipinski definition) is 3. The molecule has 0 aliphatic carbocycles. The topological polar surface area (TPSA) is 49.4 Å². The van der Waals surface area contributed by atoms with Crippen LogP contribution < -0.4 is 5.32 Å². The van der Waals surface area contributed by atoms with E-state index in [1.54, 1.807) is 4.31 Å². The van der Waals surface area contributed by atoms with E-state index < -0.39 is 10.0 Å². The molecule has 0 aromatic heterocycles. The molecule has 0 unspecified atom stereocenters. The molecule has 0 radical (unpaired) electrons. The number of nitrogens with zero attached hydrogens (tertiary/aromatic N) is 1. The molecular formula is C10H22N2O2S. The number of rotatable bonds is 5. The van der Waals surface area contributed by atoms with Gasteiger partial charge in [0, 0.05) is 19.6 Å². The second-order valence-electron chi connectivity index (χ2n) is 4.92. The minimum Gasteiger partial charge on any atom is -0.316 e. The Morgan fingerprint density at radius 1 is 1.40 bits per heavy atom. The average Bonchev–Trinajstić information content (AvgIpc) is 2.47. The van der Waals surface area contributed by atoms with Crippen LogP contribution in [0.15, 0.2) is 0 Å². The van der Waals surface area contributed by atoms with Gasteiger partial charge in [-0.3, -0.25) is 0 Å². The molecule has 1 fully saturated rings. The van der Waals surface area contributed by atoms with Crippen LogP contribution in [0.3, 0.4) is 0 Å². The van der Waals surface area contributed by atoms with Crippen molar-refractivity contribution in [1.29, 1.82) is 0 Å². The lowest BCUT2D eigenvalue weighted by Crippen LogP contribution is -2.35. The van der Waals surface area contributed by atoms with Crippen LogP contribution in [0.5, 0.6) is 0 Å². The quantitative estimate of drug-likeness (QED) is 0.711. The molecule has 1 N–H and O–H groups in total. The monoisotopic (exact) mass is 234 g/mol. The lowest BCUT2D eigenvalue weighted by atomic mass is 9.93. The van der Waals surface area contributed by atoms with E-state index in [9.17, 15) is 8.42 Å². The van der Waals surface area contributed by atoms with Crippen LogP contribution in [0.25, 0.3) is 0 Å². The Morgan fingerprint density at radius 2 is 2.07 bits per heavy atom. The highest BCUT2D eigenvalue weighted by atomic mass is 32.2. The zero-order valence-electron chi connectivity index (χ0n) is 9.91. The zero-order chi connectivity index (χ0) is 11.5. The molecule has 0 saturated carbocycles. The third-order valence-corrected chi connectivity index (χ3v) is 4.64. The van der Waals surface area contributed by atoms with Gasteiger partial charge < -0.3 is 5.32 Å². The molecule has 0 spiro atoms. The van der Waals surface area contributed by atoms with Gasteiger partial charge in [-0.25, -0.2) is 12.7 Å². The predicted molar refractivity (Wildman–Crippen MR) is 62.3 cm³/mol. The van der Waals surface area contributed by atoms with Crippen LogP contribution in [0.2, 0.25) is 0 Å². The van der Waals surface area contributed by atoms with E-state index in [0.29, 0.717) is 19.6 Å². The molecular weight excluding hydrogens is 212 g/mol. The maximum atomic E-state index is 11.9. The summed E-state index contributed by atoms with van der Waals surface area (Å²) in [7, 11) is -3.03. The highest BCUT2D eigenvalue weighted by Crippen LogP contribution is 2.30. The van der Waals surface area contributed by atoms with Gasteiger partial charge in [0.25, 0.3) is 0 Å². The molecule has 1 aliphatic heterocycles. The van der Waals surface area contributed by atoms with Crippen molar-refractivity contribution in [3.63, 3.8) is 0 Å². The van der Waals surface area contributed by atoms with E-state index >= 15 is 0 Å². The molecule has 0 atom stereocenters. The van der Waals surface area contributed by atoms with E-state index in [2.05, 4.69) is 19.2 Å². The van der Waals surface area contributed by atoms with Gasteiger partial charge >= 0.3 is 0 Å². The molecule has 1 saturated heterocycles. The van der Waals surface area contributed by atoms with Crippen molar-refractivity contribution >= 4 is 10.0 Å². The van der Waals surface area contributed by atoms with Gasteiger partial charge in [-0.15, -0.1) is 0 Å². The summed E-state index contributed by atoms with van der Waals surface area (Å²) in [5.41, 5.74) is 0.144. The van der Waals surface area contributed by atoms with Gasteiger partial charge in [0.2, 0.25) is 10.0 Å². The summed E-state index contributed by atoms with van der Waals surface area (Å²) in [6, 6.07) is 0. The normalized spacial score (nSPS) is 22.1. The van der Waals surface area contributed by atoms with Crippen LogP contribution in [0, 0.1) is 5.41 Å². The molecule has 1 heterocycles. The molecule has 0 aromatic carbocycles. The Balaban J connectivity index is 2.49. The molecule has 4 nitrogen and oxygen atoms in total. The van der Waals surface area contributed by atoms with Crippen molar-refractivity contribution < 1.29 is 8.42 Å². The second kappa shape index (κ2) is 4.80. The van der Waals surface area contributed by atoms with Gasteiger partial charge in [-0.2, -0.15) is 0 Å². The van der Waals surface area contributed by atoms with Crippen LogP contribution in [0.4, 0.5) is 0 Å². The van der Waals surface area contributed by atoms with E-state index in [1.165, 1.54) is 0 Å². The maximum absolute atomic E-state index is 11.9. The van der Waals surface area contributed by atoms with Gasteiger partial charge in [0.15, 0.2) is 0 Å². The second-order valence-corrected chi connectivity index (χ2v) is 7.01. The summed E-state index contributed by atoms with van der Waals surface area (Å²) in [5, 5.41) is 3.04. The summed E-state index contributed by atoms with van der Waals surface area (Å²) < 4.78 is 25.4. The minimum atomic E-state index is -3.03. The smallest absolute Gasteiger partial charge is 0.215 e. The molecule has 15 heavy (non-hydrogen) atoms. The fourth-order valence-electron chi connectivity index (χ4n) is 1.81. The Hall–Kier alpha value is -0.130. The van der Waals surface area contributed by atoms with Gasteiger partial charge in [0.05, 0.1) is 5.75 Å². The van der Waals surface area contributed by atoms with E-state index in [0.717, 1.165) is 13.0 Å². The molecule has 0 aromatic rings. The molecule has 5 heteroatoms. The van der Waals surface area contributed by atoms with E-state index in [1.807, 2.05) is 6.92 Å². The SMILES string of the molecule is CCNCCS(=O)(=O)N1CCC(C)(C)C1. The van der Waals surface area contributed by atoms with Crippen molar-refractivity contribution in [3.8, 4) is 0 Å². The van der Waals surface area contributed by atoms with Crippen LogP contribution >= 0.6 is 0 Å². The lowest BCUT2D eigenvalue weighted by molar-refractivity contribution is 0.375. The van der Waals surface area contributed by atoms with Crippen molar-refractivity contribution in [2.24, 2.45) is 5.41 Å². The summed E-state index contributed by atoms with van der Waals surface area (Å²) in [4.78, 5) is 0. The summed E-state index contributed by atoms with van der Waals surface area (Å²) in [6.07, 6.45) is 0.966. The zero-order valence-corrected chi connectivity index (χ0v) is 10.7. The maximum Gasteiger partial charge on any atom is 0.215 e. The first-order valence-electron chi connectivity index (χ1n) is 5.56. The van der Waals surface area contributed by atoms with Gasteiger partial charge in [-0.1, -0.05) is 20.8 Å². The highest BCUT2D eigenvalue weighted by molar-refractivity contribution is 7.89. The Labute approximate surface area is 93.1 Å². The third kappa shape index (κ3) is 3.74. The molecule has 1 rings (SSSR count). The van der Waals surface area contributed by atoms with Gasteiger partial charge in [-0.05, 0) is 18.4 Å². The minimum absolute atomic E-state index is 0.144. The Morgan fingerprint density at radius 3 is 2.53 bits per heavy atom. The van der Waals surface area contributed by atoms with Crippen molar-refractivity contribution in [2.45, 2.75) is 27.2 Å². The standard InChI is InChI=1S/C10H22N2O2S/c1-4-11-6-8-15(13,14)12-7-5-10(2,3)9-12/h11H,4-9H2,1-3H3. The number of hydrogen-bond donors (Lipinski definition) is 1. The molecule has 90 valence electrons. The van der Waals surface area contributed by atoms with Crippen molar-refractivity contribution in [1.82, 2.24) is 9.62 Å². The highest BCUT2D eigenvalue weighted by Gasteiger charge is 2.35.